The van der Waals surface area contributed by atoms with E-state index in [1.807, 2.05) is 10.6 Å². The Balaban J connectivity index is 2.30. The van der Waals surface area contributed by atoms with Crippen LogP contribution >= 0.6 is 0 Å². The first-order valence-corrected chi connectivity index (χ1v) is 5.12. The predicted molar refractivity (Wildman–Crippen MR) is 55.9 cm³/mol. The van der Waals surface area contributed by atoms with Crippen LogP contribution in [0.1, 0.15) is 17.0 Å². The monoisotopic (exact) mass is 272 g/mol. The van der Waals surface area contributed by atoms with Gasteiger partial charge in [-0.25, -0.2) is 4.79 Å². The van der Waals surface area contributed by atoms with Crippen molar-refractivity contribution in [1.82, 2.24) is 10.6 Å². The van der Waals surface area contributed by atoms with Gasteiger partial charge in [0.1, 0.15) is 5.92 Å². The van der Waals surface area contributed by atoms with Gasteiger partial charge in [-0.15, -0.1) is 0 Å². The van der Waals surface area contributed by atoms with Gasteiger partial charge in [-0.05, 0) is 17.7 Å². The van der Waals surface area contributed by atoms with Crippen molar-refractivity contribution in [2.24, 2.45) is 0 Å². The Kier molecular flexibility index (Phi) is 3.01. The Hall–Kier alpha value is -2.38. The molecule has 2 rings (SSSR count). The highest BCUT2D eigenvalue weighted by molar-refractivity contribution is 6.19. The fourth-order valence-corrected chi connectivity index (χ4v) is 1.69. The normalized spacial score (nSPS) is 17.1. The molecule has 0 bridgehead atoms. The van der Waals surface area contributed by atoms with E-state index in [0.717, 1.165) is 24.3 Å². The van der Waals surface area contributed by atoms with Gasteiger partial charge in [-0.3, -0.25) is 20.2 Å². The summed E-state index contributed by atoms with van der Waals surface area (Å²) in [4.78, 5) is 33.8. The highest BCUT2D eigenvalue weighted by Gasteiger charge is 2.36. The SMILES string of the molecule is O=C1NC(=O)C(c2ccc(C(F)(F)F)cc2)C(=O)N1. The number of nitrogens with one attached hydrogen (secondary N) is 2. The van der Waals surface area contributed by atoms with Gasteiger partial charge in [-0.1, -0.05) is 12.1 Å². The third-order valence-electron chi connectivity index (χ3n) is 2.57. The van der Waals surface area contributed by atoms with Crippen LogP contribution in [0.15, 0.2) is 24.3 Å². The van der Waals surface area contributed by atoms with E-state index in [0.29, 0.717) is 0 Å². The lowest BCUT2D eigenvalue weighted by molar-refractivity contribution is -0.137. The van der Waals surface area contributed by atoms with E-state index < -0.39 is 35.5 Å². The number of hydrogen-bond donors (Lipinski definition) is 2. The molecule has 0 radical (unpaired) electrons. The fraction of sp³-hybridized carbons (Fsp3) is 0.182. The van der Waals surface area contributed by atoms with E-state index in [1.54, 1.807) is 0 Å². The minimum atomic E-state index is -4.49. The second-order valence-electron chi connectivity index (χ2n) is 3.86. The fourth-order valence-electron chi connectivity index (χ4n) is 1.69. The number of imide groups is 2. The van der Waals surface area contributed by atoms with Crippen LogP contribution in [0.5, 0.6) is 0 Å². The smallest absolute Gasteiger partial charge is 0.277 e. The Morgan fingerprint density at radius 2 is 1.37 bits per heavy atom. The van der Waals surface area contributed by atoms with Crippen LogP contribution in [-0.2, 0) is 15.8 Å². The topological polar surface area (TPSA) is 75.3 Å². The summed E-state index contributed by atoms with van der Waals surface area (Å²) in [5.41, 5.74) is -0.806. The molecule has 1 aromatic rings. The summed E-state index contributed by atoms with van der Waals surface area (Å²) < 4.78 is 37.1. The minimum absolute atomic E-state index is 0.0792. The van der Waals surface area contributed by atoms with E-state index in [-0.39, 0.29) is 5.56 Å². The van der Waals surface area contributed by atoms with E-state index in [2.05, 4.69) is 0 Å². The Labute approximate surface area is 104 Å². The van der Waals surface area contributed by atoms with Crippen LogP contribution < -0.4 is 10.6 Å². The second kappa shape index (κ2) is 4.38. The molecule has 0 aliphatic carbocycles. The third kappa shape index (κ3) is 2.56. The number of benzene rings is 1. The van der Waals surface area contributed by atoms with Crippen LogP contribution in [0, 0.1) is 0 Å². The Bertz CT molecular complexity index is 531. The first-order chi connectivity index (χ1) is 8.79. The van der Waals surface area contributed by atoms with Crippen molar-refractivity contribution in [1.29, 1.82) is 0 Å². The van der Waals surface area contributed by atoms with Gasteiger partial charge >= 0.3 is 12.2 Å². The summed E-state index contributed by atoms with van der Waals surface area (Å²) in [6.07, 6.45) is -4.49. The Morgan fingerprint density at radius 3 is 1.79 bits per heavy atom. The molecule has 0 aromatic heterocycles. The van der Waals surface area contributed by atoms with Gasteiger partial charge in [0.05, 0.1) is 5.56 Å². The lowest BCUT2D eigenvalue weighted by atomic mass is 9.95. The maximum atomic E-state index is 12.4. The van der Waals surface area contributed by atoms with Gasteiger partial charge in [0, 0.05) is 0 Å². The van der Waals surface area contributed by atoms with Crippen molar-refractivity contribution < 1.29 is 27.6 Å². The molecule has 1 heterocycles. The predicted octanol–water partition coefficient (Wildman–Crippen LogP) is 1.15. The minimum Gasteiger partial charge on any atom is -0.277 e. The average molecular weight is 272 g/mol. The number of urea groups is 1. The van der Waals surface area contributed by atoms with E-state index in [1.165, 1.54) is 0 Å². The number of rotatable bonds is 1. The molecule has 1 fully saturated rings. The first-order valence-electron chi connectivity index (χ1n) is 5.12. The van der Waals surface area contributed by atoms with E-state index in [9.17, 15) is 27.6 Å². The van der Waals surface area contributed by atoms with Gasteiger partial charge < -0.3 is 0 Å². The zero-order valence-corrected chi connectivity index (χ0v) is 9.25. The number of barbiturate groups is 1. The van der Waals surface area contributed by atoms with Gasteiger partial charge in [0.15, 0.2) is 0 Å². The molecule has 5 nitrogen and oxygen atoms in total. The summed E-state index contributed by atoms with van der Waals surface area (Å²) in [5, 5.41) is 3.74. The lowest BCUT2D eigenvalue weighted by Crippen LogP contribution is -2.54. The highest BCUT2D eigenvalue weighted by Crippen LogP contribution is 2.30. The second-order valence-corrected chi connectivity index (χ2v) is 3.86. The molecule has 100 valence electrons. The first kappa shape index (κ1) is 13.1. The van der Waals surface area contributed by atoms with Crippen molar-refractivity contribution in [3.05, 3.63) is 35.4 Å². The molecule has 19 heavy (non-hydrogen) atoms. The zero-order chi connectivity index (χ0) is 14.2. The molecule has 0 saturated carbocycles. The summed E-state index contributed by atoms with van der Waals surface area (Å²) >= 11 is 0. The zero-order valence-electron chi connectivity index (χ0n) is 9.25. The standard InChI is InChI=1S/C11H7F3N2O3/c12-11(13,14)6-3-1-5(2-4-6)7-8(17)15-10(19)16-9(7)18/h1-4,7H,(H2,15,16,17,18,19). The number of alkyl halides is 3. The molecule has 1 aromatic carbocycles. The van der Waals surface area contributed by atoms with Gasteiger partial charge in [-0.2, -0.15) is 13.2 Å². The third-order valence-corrected chi connectivity index (χ3v) is 2.57. The molecule has 1 aliphatic rings. The average Bonchev–Trinajstić information content (AvgIpc) is 2.27. The molecule has 2 N–H and O–H groups in total. The molecule has 0 unspecified atom stereocenters. The maximum Gasteiger partial charge on any atom is 0.416 e. The largest absolute Gasteiger partial charge is 0.416 e. The number of halogens is 3. The molecule has 0 spiro atoms. The Morgan fingerprint density at radius 1 is 0.895 bits per heavy atom. The lowest BCUT2D eigenvalue weighted by Gasteiger charge is -2.21. The van der Waals surface area contributed by atoms with Crippen molar-refractivity contribution in [3.8, 4) is 0 Å². The maximum absolute atomic E-state index is 12.4. The van der Waals surface area contributed by atoms with Gasteiger partial charge in [0.2, 0.25) is 11.8 Å². The molecule has 4 amide bonds. The summed E-state index contributed by atoms with van der Waals surface area (Å²) in [7, 11) is 0. The molecular formula is C11H7F3N2O3. The van der Waals surface area contributed by atoms with Crippen LogP contribution in [0.25, 0.3) is 0 Å². The molecule has 1 aliphatic heterocycles. The molecule has 0 atom stereocenters. The van der Waals surface area contributed by atoms with Crippen molar-refractivity contribution >= 4 is 17.8 Å². The summed E-state index contributed by atoms with van der Waals surface area (Å²) in [6.45, 7) is 0. The molecule has 8 heteroatoms. The van der Waals surface area contributed by atoms with Crippen LogP contribution in [0.2, 0.25) is 0 Å². The van der Waals surface area contributed by atoms with E-state index >= 15 is 0 Å². The summed E-state index contributed by atoms with van der Waals surface area (Å²) in [5.74, 6) is -3.07. The molecule has 1 saturated heterocycles. The highest BCUT2D eigenvalue weighted by atomic mass is 19.4. The number of carbonyl (C=O) groups excluding carboxylic acids is 3. The van der Waals surface area contributed by atoms with Crippen molar-refractivity contribution in [2.75, 3.05) is 0 Å². The van der Waals surface area contributed by atoms with Crippen LogP contribution in [0.4, 0.5) is 18.0 Å². The number of amides is 4. The van der Waals surface area contributed by atoms with Crippen molar-refractivity contribution in [3.63, 3.8) is 0 Å². The summed E-state index contributed by atoms with van der Waals surface area (Å²) in [6, 6.07) is 2.65. The quantitative estimate of drug-likeness (QED) is 0.753. The van der Waals surface area contributed by atoms with Crippen molar-refractivity contribution in [2.45, 2.75) is 12.1 Å². The van der Waals surface area contributed by atoms with Gasteiger partial charge in [0.25, 0.3) is 0 Å². The van der Waals surface area contributed by atoms with Crippen LogP contribution in [-0.4, -0.2) is 17.8 Å². The number of hydrogen-bond acceptors (Lipinski definition) is 3. The van der Waals surface area contributed by atoms with E-state index in [4.69, 9.17) is 0 Å². The number of carbonyl (C=O) groups is 3. The molecular weight excluding hydrogens is 265 g/mol. The van der Waals surface area contributed by atoms with Crippen LogP contribution in [0.3, 0.4) is 0 Å².